The number of amides is 4. The van der Waals surface area contributed by atoms with Crippen molar-refractivity contribution in [3.05, 3.63) is 283 Å². The minimum absolute atomic E-state index is 0.00247. The molecule has 9 aromatic heterocycles. The van der Waals surface area contributed by atoms with Crippen molar-refractivity contribution in [1.82, 2.24) is 87.6 Å². The second kappa shape index (κ2) is 44.0. The van der Waals surface area contributed by atoms with Gasteiger partial charge in [0.1, 0.15) is 117 Å². The molecule has 18 rings (SSSR count). The molecule has 44 heteroatoms. The van der Waals surface area contributed by atoms with Crippen LogP contribution >= 0.6 is 0 Å². The minimum Gasteiger partial charge on any atom is -0.383 e. The molecule has 4 aromatic carbocycles. The van der Waals surface area contributed by atoms with Crippen molar-refractivity contribution in [2.24, 2.45) is 34.1 Å². The molecule has 4 N–H and O–H groups in total. The maximum Gasteiger partial charge on any atom is 0.266 e. The number of aryl methyl sites for hydroxylation is 4. The highest BCUT2D eigenvalue weighted by Crippen LogP contribution is 2.41. The average molecular weight is 2000 g/mol. The highest BCUT2D eigenvalue weighted by atomic mass is 19.3. The number of methoxy groups -OCH3 is 1. The first-order valence-corrected chi connectivity index (χ1v) is 46.5. The Hall–Kier alpha value is -14.7. The molecule has 14 heterocycles. The lowest BCUT2D eigenvalue weighted by Gasteiger charge is -2.36. The van der Waals surface area contributed by atoms with Gasteiger partial charge in [0.25, 0.3) is 71.6 Å². The molecular weight excluding hydrogens is 1900 g/mol. The SMILES string of the molecule is CC1CCC(C)N(C(=O)c2cc3c(N[C@H](C)c4cccc(C(F)F)c4F)ncnc3n(C)c2=O)C1.COCCN1CCN(C(=O)c2cc3c(N[C@H](C)c4cccc(C(F)F)c4F)ncnc3n(C)c2=O)CC1.C[C@@H](Nc1ncnc2c1cc(C(=O)N1CCCC13CCOC3)c(=O)n2C)c1cccc(C(F)F)c1F.C[C@@H](Nc1ncnc2c1cc(C(=O)N1Cc3cccnc3C1)c(=O)n2C)c1cccc(C(F)F)c1F. The van der Waals surface area contributed by atoms with Crippen LogP contribution in [0.4, 0.5) is 76.0 Å². The Morgan fingerprint density at radius 2 is 0.799 bits per heavy atom. The van der Waals surface area contributed by atoms with Gasteiger partial charge in [-0.3, -0.25) is 66.5 Å². The summed E-state index contributed by atoms with van der Waals surface area (Å²) in [6.07, 6.45) is -0.912. The topological polar surface area (TPSA) is 355 Å². The number of hydrogen-bond acceptors (Lipinski definition) is 24. The van der Waals surface area contributed by atoms with Crippen molar-refractivity contribution in [3.8, 4) is 0 Å². The molecule has 0 aliphatic carbocycles. The predicted molar refractivity (Wildman–Crippen MR) is 512 cm³/mol. The summed E-state index contributed by atoms with van der Waals surface area (Å²) in [7, 11) is 7.69. The lowest BCUT2D eigenvalue weighted by Crippen LogP contribution is -2.50. The van der Waals surface area contributed by atoms with E-state index in [9.17, 15) is 91.0 Å². The van der Waals surface area contributed by atoms with Crippen molar-refractivity contribution in [2.45, 2.75) is 148 Å². The van der Waals surface area contributed by atoms with Crippen LogP contribution in [0.25, 0.3) is 44.1 Å². The van der Waals surface area contributed by atoms with E-state index in [0.29, 0.717) is 93.1 Å². The highest BCUT2D eigenvalue weighted by Gasteiger charge is 2.48. The third kappa shape index (κ3) is 21.2. The lowest BCUT2D eigenvalue weighted by molar-refractivity contribution is 0.0545. The summed E-state index contributed by atoms with van der Waals surface area (Å²) in [5, 5.41) is 13.6. The predicted octanol–water partition coefficient (Wildman–Crippen LogP) is 15.9. The van der Waals surface area contributed by atoms with Crippen molar-refractivity contribution >= 4 is 91.0 Å². The molecule has 32 nitrogen and oxygen atoms in total. The third-order valence-corrected chi connectivity index (χ3v) is 26.9. The summed E-state index contributed by atoms with van der Waals surface area (Å²) in [5.74, 6) is -4.26. The van der Waals surface area contributed by atoms with E-state index in [4.69, 9.17) is 9.47 Å². The number of piperazine rings is 1. The summed E-state index contributed by atoms with van der Waals surface area (Å²) in [6.45, 7) is 16.9. The van der Waals surface area contributed by atoms with E-state index in [-0.39, 0.29) is 115 Å². The van der Waals surface area contributed by atoms with E-state index in [2.05, 4.69) is 77.9 Å². The van der Waals surface area contributed by atoms with Gasteiger partial charge in [-0.2, -0.15) is 0 Å². The van der Waals surface area contributed by atoms with E-state index in [1.54, 1.807) is 61.8 Å². The van der Waals surface area contributed by atoms with Crippen LogP contribution in [0, 0.1) is 29.2 Å². The van der Waals surface area contributed by atoms with Crippen molar-refractivity contribution in [2.75, 3.05) is 94.0 Å². The molecule has 7 atom stereocenters. The van der Waals surface area contributed by atoms with Crippen LogP contribution in [0.3, 0.4) is 0 Å². The standard InChI is InChI=1S/C25H29F3N6O3.C25H21F3N6O2.C25H26F3N5O3.C25H28F3N5O2/c1-15(16-5-4-6-17(20(16)26)21(27)28)31-22-18-13-19(24(35)32(2)23(18)30-14-29-22)25(36)34-9-7-33(8-10-34)11-12-37-3;1-13(15-6-3-7-16(20(15)26)21(27)28)32-22-17-9-18(24(35)33(2)23(17)31-12-30-22)25(36)34-10-14-5-4-8-29-19(14)11-34;1-14(15-5-3-6-16(19(15)26)20(27)28)31-21-17-11-18(23(34)32(2)22(17)30-13-29-21)24(35)33-9-4-7-25(33)8-10-36-12-25;1-13-8-9-14(2)33(11-13)25(35)19-10-18-22(29-12-30-23(18)32(4)24(19)34)31-15(3)16-6-5-7-17(20(16)26)21(27)28/h4-6,13-15,21H,7-12H2,1-3H3,(H,29,30,31);3-9,12-13,21H,10-11H2,1-2H3,(H,30,31,32);3,5-6,11,13-14,20H,4,7-10,12H2,1-2H3,(H,29,30,31);5-7,10,12-15,21H,8-9,11H2,1-4H3,(H,29,30,31)/t15-;13-;14-,25?;13?,14?,15-/m1111/s1. The van der Waals surface area contributed by atoms with Crippen LogP contribution < -0.4 is 43.5 Å². The van der Waals surface area contributed by atoms with Gasteiger partial charge in [0, 0.05) is 129 Å². The number of pyridine rings is 5. The van der Waals surface area contributed by atoms with E-state index in [1.807, 2.05) is 13.0 Å². The number of nitrogens with zero attached hydrogens (tertiary/aromatic N) is 18. The summed E-state index contributed by atoms with van der Waals surface area (Å²) >= 11 is 0. The molecule has 4 saturated heterocycles. The molecule has 0 saturated carbocycles. The van der Waals surface area contributed by atoms with E-state index >= 15 is 0 Å². The summed E-state index contributed by atoms with van der Waals surface area (Å²) in [5.41, 5.74) is -2.27. The second-order valence-corrected chi connectivity index (χ2v) is 36.2. The van der Waals surface area contributed by atoms with Crippen molar-refractivity contribution < 1.29 is 81.3 Å². The zero-order chi connectivity index (χ0) is 103. The number of nitrogens with one attached hydrogen (secondary N) is 4. The highest BCUT2D eigenvalue weighted by molar-refractivity contribution is 6.03. The van der Waals surface area contributed by atoms with Gasteiger partial charge < -0.3 is 50.3 Å². The van der Waals surface area contributed by atoms with Gasteiger partial charge in [0.05, 0.1) is 99.0 Å². The first-order valence-electron chi connectivity index (χ1n) is 46.5. The zero-order valence-electron chi connectivity index (χ0n) is 80.2. The largest absolute Gasteiger partial charge is 0.383 e. The quantitative estimate of drug-likeness (QED) is 0.0432. The Labute approximate surface area is 815 Å². The molecule has 4 amide bonds. The van der Waals surface area contributed by atoms with Gasteiger partial charge >= 0.3 is 0 Å². The molecular formula is C100H104F12N22O10. The minimum atomic E-state index is -2.95. The normalized spacial score (nSPS) is 17.2. The first-order chi connectivity index (χ1) is 68.8. The van der Waals surface area contributed by atoms with E-state index < -0.39 is 135 Å². The number of likely N-dealkylation sites (tertiary alicyclic amines) is 2. The number of halogens is 12. The van der Waals surface area contributed by atoms with Crippen LogP contribution in [-0.2, 0) is 50.8 Å². The molecule has 5 aliphatic heterocycles. The molecule has 758 valence electrons. The van der Waals surface area contributed by atoms with Gasteiger partial charge in [-0.05, 0) is 109 Å². The fraction of sp³-hybridized carbons (Fsp3) is 0.390. The zero-order valence-corrected chi connectivity index (χ0v) is 80.2. The van der Waals surface area contributed by atoms with Crippen molar-refractivity contribution in [1.29, 1.82) is 0 Å². The summed E-state index contributed by atoms with van der Waals surface area (Å²) in [4.78, 5) is 153. The summed E-state index contributed by atoms with van der Waals surface area (Å²) < 4.78 is 180. The van der Waals surface area contributed by atoms with Crippen LogP contribution in [-0.4, -0.2) is 196 Å². The van der Waals surface area contributed by atoms with Gasteiger partial charge in [-0.25, -0.2) is 92.6 Å². The van der Waals surface area contributed by atoms with Crippen LogP contribution in [0.15, 0.2) is 160 Å². The Kier molecular flexibility index (Phi) is 31.7. The summed E-state index contributed by atoms with van der Waals surface area (Å²) in [6, 6.07) is 21.8. The Morgan fingerprint density at radius 1 is 0.438 bits per heavy atom. The van der Waals surface area contributed by atoms with Gasteiger partial charge in [0.15, 0.2) is 0 Å². The van der Waals surface area contributed by atoms with E-state index in [1.165, 1.54) is 149 Å². The Morgan fingerprint density at radius 3 is 1.15 bits per heavy atom. The molecule has 4 fully saturated rings. The molecule has 0 radical (unpaired) electrons. The molecule has 1 spiro atoms. The Balaban J connectivity index is 0.000000144. The van der Waals surface area contributed by atoms with E-state index in [0.717, 1.165) is 74.2 Å². The van der Waals surface area contributed by atoms with Gasteiger partial charge in [-0.15, -0.1) is 0 Å². The number of piperidine rings is 1. The molecule has 0 bridgehead atoms. The number of alkyl halides is 8. The third-order valence-electron chi connectivity index (χ3n) is 26.9. The molecule has 13 aromatic rings. The molecule has 5 aliphatic rings. The lowest BCUT2D eigenvalue weighted by atomic mass is 9.94. The number of rotatable bonds is 23. The first kappa shape index (κ1) is 104. The number of fused-ring (bicyclic) bond motifs is 5. The number of ether oxygens (including phenoxy) is 2. The van der Waals surface area contributed by atoms with Crippen molar-refractivity contribution in [3.63, 3.8) is 0 Å². The number of anilines is 4. The number of benzene rings is 4. The number of carbonyl (C=O) groups is 4. The van der Waals surface area contributed by atoms with Gasteiger partial charge in [-0.1, -0.05) is 85.8 Å². The molecule has 144 heavy (non-hydrogen) atoms. The maximum atomic E-state index is 14.7. The maximum absolute atomic E-state index is 14.7. The monoisotopic (exact) mass is 2000 g/mol. The average Bonchev–Trinajstić information content (AvgIpc) is 1.45. The Bertz CT molecular complexity index is 7280. The second-order valence-electron chi connectivity index (χ2n) is 36.2. The van der Waals surface area contributed by atoms with Crippen LogP contribution in [0.1, 0.15) is 221 Å². The van der Waals surface area contributed by atoms with Gasteiger partial charge in [0.2, 0.25) is 0 Å². The fourth-order valence-corrected chi connectivity index (χ4v) is 18.8. The smallest absolute Gasteiger partial charge is 0.266 e. The van der Waals surface area contributed by atoms with Crippen LogP contribution in [0.2, 0.25) is 0 Å². The number of aromatic nitrogens is 13. The number of hydrogen-bond donors (Lipinski definition) is 4. The van der Waals surface area contributed by atoms with Crippen LogP contribution in [0.5, 0.6) is 0 Å². The number of carbonyl (C=O) groups excluding carboxylic acids is 4. The molecule has 3 unspecified atom stereocenters. The fourth-order valence-electron chi connectivity index (χ4n) is 18.8.